The SMILES string of the molecule is CC1(C)c2ccccc2-c2c1ccc1ccc3ccccc3c21. The maximum Gasteiger partial charge on any atom is 0.0159 e. The van der Waals surface area contributed by atoms with Crippen molar-refractivity contribution in [3.05, 3.63) is 83.9 Å². The van der Waals surface area contributed by atoms with E-state index >= 15 is 0 Å². The average Bonchev–Trinajstić information content (AvgIpc) is 2.83. The van der Waals surface area contributed by atoms with E-state index in [2.05, 4.69) is 86.6 Å². The van der Waals surface area contributed by atoms with E-state index in [-0.39, 0.29) is 5.41 Å². The summed E-state index contributed by atoms with van der Waals surface area (Å²) in [5.41, 5.74) is 5.78. The molecule has 4 aromatic carbocycles. The van der Waals surface area contributed by atoms with Crippen LogP contribution in [-0.2, 0) is 5.41 Å². The molecule has 1 aliphatic carbocycles. The third kappa shape index (κ3) is 1.56. The Morgan fingerprint density at radius 2 is 1.30 bits per heavy atom. The molecule has 0 aromatic heterocycles. The van der Waals surface area contributed by atoms with Crippen LogP contribution in [0, 0.1) is 0 Å². The lowest BCUT2D eigenvalue weighted by molar-refractivity contribution is 0.661. The molecule has 0 saturated heterocycles. The lowest BCUT2D eigenvalue weighted by Gasteiger charge is -2.21. The number of rotatable bonds is 0. The van der Waals surface area contributed by atoms with E-state index in [1.54, 1.807) is 0 Å². The monoisotopic (exact) mass is 294 g/mol. The van der Waals surface area contributed by atoms with Crippen LogP contribution in [0.1, 0.15) is 25.0 Å². The molecule has 0 nitrogen and oxygen atoms in total. The standard InChI is InChI=1S/C23H18/c1-23(2)19-10-6-5-9-18(19)22-20(23)14-13-16-12-11-15-7-3-4-8-17(15)21(16)22/h3-14H,1-2H3. The minimum Gasteiger partial charge on any atom is -0.0619 e. The first-order valence-corrected chi connectivity index (χ1v) is 8.23. The Balaban J connectivity index is 2.07. The summed E-state index contributed by atoms with van der Waals surface area (Å²) in [6.07, 6.45) is 0. The van der Waals surface area contributed by atoms with Crippen LogP contribution in [0.15, 0.2) is 72.8 Å². The molecule has 0 N–H and O–H groups in total. The van der Waals surface area contributed by atoms with Crippen molar-refractivity contribution in [1.82, 2.24) is 0 Å². The van der Waals surface area contributed by atoms with E-state index in [9.17, 15) is 0 Å². The fourth-order valence-corrected chi connectivity index (χ4v) is 4.29. The van der Waals surface area contributed by atoms with E-state index in [4.69, 9.17) is 0 Å². The molecule has 0 spiro atoms. The van der Waals surface area contributed by atoms with Gasteiger partial charge in [0, 0.05) is 5.41 Å². The lowest BCUT2D eigenvalue weighted by atomic mass is 9.82. The quantitative estimate of drug-likeness (QED) is 0.334. The second-order valence-corrected chi connectivity index (χ2v) is 7.04. The smallest absolute Gasteiger partial charge is 0.0159 e. The summed E-state index contributed by atoms with van der Waals surface area (Å²) < 4.78 is 0. The van der Waals surface area contributed by atoms with Crippen LogP contribution < -0.4 is 0 Å². The second-order valence-electron chi connectivity index (χ2n) is 7.04. The third-order valence-corrected chi connectivity index (χ3v) is 5.45. The zero-order chi connectivity index (χ0) is 15.6. The fourth-order valence-electron chi connectivity index (χ4n) is 4.29. The molecule has 0 unspecified atom stereocenters. The predicted octanol–water partition coefficient (Wildman–Crippen LogP) is 6.30. The first-order chi connectivity index (χ1) is 11.2. The van der Waals surface area contributed by atoms with E-state index in [1.165, 1.54) is 43.8 Å². The van der Waals surface area contributed by atoms with Crippen molar-refractivity contribution in [3.8, 4) is 11.1 Å². The molecule has 0 heteroatoms. The number of fused-ring (bicyclic) bond motifs is 7. The van der Waals surface area contributed by atoms with Gasteiger partial charge in [-0.2, -0.15) is 0 Å². The summed E-state index contributed by atoms with van der Waals surface area (Å²) in [4.78, 5) is 0. The lowest BCUT2D eigenvalue weighted by Crippen LogP contribution is -2.14. The molecule has 0 radical (unpaired) electrons. The van der Waals surface area contributed by atoms with Gasteiger partial charge in [0.15, 0.2) is 0 Å². The van der Waals surface area contributed by atoms with Gasteiger partial charge in [0.25, 0.3) is 0 Å². The summed E-state index contributed by atoms with van der Waals surface area (Å²) in [5, 5.41) is 5.40. The highest BCUT2D eigenvalue weighted by Gasteiger charge is 2.36. The molecule has 0 amide bonds. The van der Waals surface area contributed by atoms with Gasteiger partial charge in [-0.1, -0.05) is 86.6 Å². The van der Waals surface area contributed by atoms with Gasteiger partial charge in [-0.05, 0) is 43.8 Å². The molecular weight excluding hydrogens is 276 g/mol. The highest BCUT2D eigenvalue weighted by molar-refractivity contribution is 6.16. The van der Waals surface area contributed by atoms with Crippen LogP contribution >= 0.6 is 0 Å². The van der Waals surface area contributed by atoms with Gasteiger partial charge in [-0.15, -0.1) is 0 Å². The van der Waals surface area contributed by atoms with Crippen LogP contribution in [0.5, 0.6) is 0 Å². The van der Waals surface area contributed by atoms with Gasteiger partial charge < -0.3 is 0 Å². The molecule has 0 atom stereocenters. The maximum absolute atomic E-state index is 2.34. The minimum absolute atomic E-state index is 0.0665. The molecule has 0 heterocycles. The molecule has 5 rings (SSSR count). The molecule has 23 heavy (non-hydrogen) atoms. The number of benzene rings is 4. The first-order valence-electron chi connectivity index (χ1n) is 8.23. The molecule has 0 aliphatic heterocycles. The van der Waals surface area contributed by atoms with Gasteiger partial charge in [0.2, 0.25) is 0 Å². The van der Waals surface area contributed by atoms with Gasteiger partial charge in [0.05, 0.1) is 0 Å². The Kier molecular flexibility index (Phi) is 2.37. The molecule has 0 bridgehead atoms. The van der Waals surface area contributed by atoms with Gasteiger partial charge >= 0.3 is 0 Å². The second kappa shape index (κ2) is 4.23. The van der Waals surface area contributed by atoms with E-state index in [0.717, 1.165) is 0 Å². The summed E-state index contributed by atoms with van der Waals surface area (Å²) >= 11 is 0. The third-order valence-electron chi connectivity index (χ3n) is 5.45. The first kappa shape index (κ1) is 12.9. The van der Waals surface area contributed by atoms with E-state index in [1.807, 2.05) is 0 Å². The van der Waals surface area contributed by atoms with Crippen LogP contribution in [0.3, 0.4) is 0 Å². The summed E-state index contributed by atoms with van der Waals surface area (Å²) in [6.45, 7) is 4.68. The zero-order valence-electron chi connectivity index (χ0n) is 13.4. The van der Waals surface area contributed by atoms with Crippen LogP contribution in [0.4, 0.5) is 0 Å². The van der Waals surface area contributed by atoms with Gasteiger partial charge in [0.1, 0.15) is 0 Å². The summed E-state index contributed by atoms with van der Waals surface area (Å²) in [5.74, 6) is 0. The van der Waals surface area contributed by atoms with Crippen molar-refractivity contribution in [2.24, 2.45) is 0 Å². The van der Waals surface area contributed by atoms with E-state index < -0.39 is 0 Å². The molecule has 0 saturated carbocycles. The molecular formula is C23H18. The normalized spacial score (nSPS) is 14.9. The molecule has 0 fully saturated rings. The zero-order valence-corrected chi connectivity index (χ0v) is 13.4. The van der Waals surface area contributed by atoms with Crippen molar-refractivity contribution in [2.75, 3.05) is 0 Å². The average molecular weight is 294 g/mol. The predicted molar refractivity (Wildman–Crippen MR) is 99.0 cm³/mol. The molecule has 4 aromatic rings. The summed E-state index contributed by atoms with van der Waals surface area (Å²) in [7, 11) is 0. The van der Waals surface area contributed by atoms with E-state index in [0.29, 0.717) is 0 Å². The maximum atomic E-state index is 2.34. The van der Waals surface area contributed by atoms with Crippen molar-refractivity contribution < 1.29 is 0 Å². The molecule has 110 valence electrons. The highest BCUT2D eigenvalue weighted by Crippen LogP contribution is 2.52. The topological polar surface area (TPSA) is 0 Å². The number of hydrogen-bond donors (Lipinski definition) is 0. The Morgan fingerprint density at radius 1 is 0.609 bits per heavy atom. The van der Waals surface area contributed by atoms with Crippen molar-refractivity contribution >= 4 is 21.5 Å². The summed E-state index contributed by atoms with van der Waals surface area (Å²) in [6, 6.07) is 26.7. The minimum atomic E-state index is 0.0665. The van der Waals surface area contributed by atoms with Crippen LogP contribution in [0.25, 0.3) is 32.7 Å². The van der Waals surface area contributed by atoms with Gasteiger partial charge in [-0.3, -0.25) is 0 Å². The number of hydrogen-bond acceptors (Lipinski definition) is 0. The van der Waals surface area contributed by atoms with Crippen LogP contribution in [-0.4, -0.2) is 0 Å². The largest absolute Gasteiger partial charge is 0.0619 e. The fraction of sp³-hybridized carbons (Fsp3) is 0.130. The Morgan fingerprint density at radius 3 is 2.22 bits per heavy atom. The van der Waals surface area contributed by atoms with Gasteiger partial charge in [-0.25, -0.2) is 0 Å². The Labute approximate surface area is 136 Å². The van der Waals surface area contributed by atoms with Crippen molar-refractivity contribution in [1.29, 1.82) is 0 Å². The molecule has 1 aliphatic rings. The Hall–Kier alpha value is -2.60. The van der Waals surface area contributed by atoms with Crippen molar-refractivity contribution in [3.63, 3.8) is 0 Å². The van der Waals surface area contributed by atoms with Crippen LogP contribution in [0.2, 0.25) is 0 Å². The van der Waals surface area contributed by atoms with Crippen molar-refractivity contribution in [2.45, 2.75) is 19.3 Å². The highest BCUT2D eigenvalue weighted by atomic mass is 14.4. The Bertz CT molecular complexity index is 1080.